The Labute approximate surface area is 123 Å². The summed E-state index contributed by atoms with van der Waals surface area (Å²) in [4.78, 5) is 4.33. The number of sulfonamides is 1. The van der Waals surface area contributed by atoms with E-state index in [-0.39, 0.29) is 11.4 Å². The van der Waals surface area contributed by atoms with Gasteiger partial charge < -0.3 is 5.32 Å². The third-order valence-corrected chi connectivity index (χ3v) is 4.76. The Bertz CT molecular complexity index is 639. The number of benzene rings is 1. The van der Waals surface area contributed by atoms with Crippen LogP contribution in [0.4, 0.5) is 5.69 Å². The maximum atomic E-state index is 12.3. The maximum absolute atomic E-state index is 12.3. The van der Waals surface area contributed by atoms with E-state index in [0.29, 0.717) is 5.69 Å². The number of hydrogen-bond acceptors (Lipinski definition) is 5. The average molecular weight is 311 g/mol. The zero-order valence-corrected chi connectivity index (χ0v) is 12.8. The summed E-state index contributed by atoms with van der Waals surface area (Å²) in [5.74, 6) is 0. The first-order valence-corrected chi connectivity index (χ1v) is 8.75. The van der Waals surface area contributed by atoms with Crippen molar-refractivity contribution < 1.29 is 8.42 Å². The molecule has 108 valence electrons. The third kappa shape index (κ3) is 3.78. The van der Waals surface area contributed by atoms with Crippen molar-refractivity contribution in [3.05, 3.63) is 40.8 Å². The van der Waals surface area contributed by atoms with Crippen molar-refractivity contribution in [2.24, 2.45) is 0 Å². The minimum absolute atomic E-state index is 0.202. The van der Waals surface area contributed by atoms with Crippen molar-refractivity contribution in [1.82, 2.24) is 9.71 Å². The van der Waals surface area contributed by atoms with Crippen LogP contribution in [0.3, 0.4) is 0 Å². The van der Waals surface area contributed by atoms with E-state index in [4.69, 9.17) is 0 Å². The largest absolute Gasteiger partial charge is 0.384 e. The van der Waals surface area contributed by atoms with Gasteiger partial charge in [0.15, 0.2) is 0 Å². The second-order valence-corrected chi connectivity index (χ2v) is 6.68. The highest BCUT2D eigenvalue weighted by molar-refractivity contribution is 7.89. The van der Waals surface area contributed by atoms with Gasteiger partial charge in [0, 0.05) is 11.9 Å². The molecular weight excluding hydrogens is 294 g/mol. The van der Waals surface area contributed by atoms with Crippen LogP contribution in [0.5, 0.6) is 0 Å². The normalized spacial score (nSPS) is 11.4. The quantitative estimate of drug-likeness (QED) is 0.824. The van der Waals surface area contributed by atoms with Gasteiger partial charge in [0.2, 0.25) is 10.0 Å². The molecule has 0 unspecified atom stereocenters. The minimum atomic E-state index is -3.55. The zero-order valence-electron chi connectivity index (χ0n) is 11.2. The molecule has 1 aromatic carbocycles. The molecule has 0 bridgehead atoms. The molecule has 0 radical (unpaired) electrons. The summed E-state index contributed by atoms with van der Waals surface area (Å²) in [7, 11) is -3.55. The van der Waals surface area contributed by atoms with Crippen molar-refractivity contribution in [3.8, 4) is 0 Å². The van der Waals surface area contributed by atoms with Crippen LogP contribution >= 0.6 is 11.3 Å². The van der Waals surface area contributed by atoms with Crippen LogP contribution in [0, 0.1) is 0 Å². The van der Waals surface area contributed by atoms with E-state index >= 15 is 0 Å². The lowest BCUT2D eigenvalue weighted by molar-refractivity contribution is 0.581. The lowest BCUT2D eigenvalue weighted by Crippen LogP contribution is -2.24. The van der Waals surface area contributed by atoms with Gasteiger partial charge in [-0.25, -0.2) is 18.1 Å². The van der Waals surface area contributed by atoms with Crippen LogP contribution in [0.15, 0.2) is 40.1 Å². The first kappa shape index (κ1) is 15.0. The predicted octanol–water partition coefficient (Wildman–Crippen LogP) is 2.44. The molecule has 0 saturated carbocycles. The summed E-state index contributed by atoms with van der Waals surface area (Å²) in [6.07, 6.45) is 0.931. The highest BCUT2D eigenvalue weighted by Crippen LogP contribution is 2.20. The molecule has 0 amide bonds. The van der Waals surface area contributed by atoms with Crippen LogP contribution < -0.4 is 10.0 Å². The van der Waals surface area contributed by atoms with Crippen molar-refractivity contribution in [1.29, 1.82) is 0 Å². The van der Waals surface area contributed by atoms with Crippen molar-refractivity contribution >= 4 is 27.0 Å². The van der Waals surface area contributed by atoms with Crippen LogP contribution in [-0.2, 0) is 16.6 Å². The van der Waals surface area contributed by atoms with Gasteiger partial charge in [-0.1, -0.05) is 19.1 Å². The Kier molecular flexibility index (Phi) is 5.11. The Balaban J connectivity index is 2.16. The van der Waals surface area contributed by atoms with Gasteiger partial charge in [-0.3, -0.25) is 0 Å². The molecular formula is C13H17N3O2S2. The molecule has 7 heteroatoms. The molecule has 0 aliphatic rings. The van der Waals surface area contributed by atoms with Gasteiger partial charge in [-0.15, -0.1) is 11.3 Å². The van der Waals surface area contributed by atoms with Crippen LogP contribution in [0.25, 0.3) is 0 Å². The van der Waals surface area contributed by atoms with Crippen molar-refractivity contribution in [2.75, 3.05) is 11.9 Å². The smallest absolute Gasteiger partial charge is 0.242 e. The van der Waals surface area contributed by atoms with Gasteiger partial charge in [0.05, 0.1) is 23.4 Å². The highest BCUT2D eigenvalue weighted by atomic mass is 32.2. The molecule has 0 aliphatic heterocycles. The molecule has 2 aromatic rings. The summed E-state index contributed by atoms with van der Waals surface area (Å²) >= 11 is 1.44. The number of hydrogen-bond donors (Lipinski definition) is 2. The molecule has 20 heavy (non-hydrogen) atoms. The van der Waals surface area contributed by atoms with Crippen LogP contribution in [0.1, 0.15) is 19.0 Å². The standard InChI is InChI=1S/C13H17N3O2S2/c1-2-7-14-12-5-3-4-6-13(12)20(17,18)16-8-11-9-19-10-15-11/h3-6,9-10,14,16H,2,7-8H2,1H3. The molecule has 0 atom stereocenters. The Morgan fingerprint density at radius 1 is 1.30 bits per heavy atom. The number of aromatic nitrogens is 1. The Hall–Kier alpha value is -1.44. The number of rotatable bonds is 7. The molecule has 5 nitrogen and oxygen atoms in total. The average Bonchev–Trinajstić information content (AvgIpc) is 2.97. The van der Waals surface area contributed by atoms with Gasteiger partial charge in [-0.05, 0) is 18.6 Å². The first-order chi connectivity index (χ1) is 9.63. The van der Waals surface area contributed by atoms with E-state index in [1.807, 2.05) is 18.4 Å². The van der Waals surface area contributed by atoms with E-state index in [2.05, 4.69) is 15.0 Å². The Morgan fingerprint density at radius 3 is 2.80 bits per heavy atom. The SMILES string of the molecule is CCCNc1ccccc1S(=O)(=O)NCc1cscn1. The number of nitrogens with zero attached hydrogens (tertiary/aromatic N) is 1. The van der Waals surface area contributed by atoms with Crippen molar-refractivity contribution in [3.63, 3.8) is 0 Å². The maximum Gasteiger partial charge on any atom is 0.242 e. The lowest BCUT2D eigenvalue weighted by atomic mass is 10.3. The first-order valence-electron chi connectivity index (χ1n) is 6.33. The van der Waals surface area contributed by atoms with E-state index in [9.17, 15) is 8.42 Å². The summed E-state index contributed by atoms with van der Waals surface area (Å²) in [5, 5.41) is 4.95. The number of thiazole rings is 1. The molecule has 1 aromatic heterocycles. The summed E-state index contributed by atoms with van der Waals surface area (Å²) < 4.78 is 27.2. The highest BCUT2D eigenvalue weighted by Gasteiger charge is 2.17. The van der Waals surface area contributed by atoms with Gasteiger partial charge in [0.25, 0.3) is 0 Å². The van der Waals surface area contributed by atoms with Crippen LogP contribution in [0.2, 0.25) is 0 Å². The fraction of sp³-hybridized carbons (Fsp3) is 0.308. The Morgan fingerprint density at radius 2 is 2.10 bits per heavy atom. The summed E-state index contributed by atoms with van der Waals surface area (Å²) in [6.45, 7) is 2.97. The molecule has 2 N–H and O–H groups in total. The third-order valence-electron chi connectivity index (χ3n) is 2.67. The molecule has 0 spiro atoms. The molecule has 2 rings (SSSR count). The van der Waals surface area contributed by atoms with Gasteiger partial charge in [0.1, 0.15) is 4.90 Å². The molecule has 0 fully saturated rings. The second-order valence-electron chi connectivity index (χ2n) is 4.23. The zero-order chi connectivity index (χ0) is 14.4. The molecule has 0 saturated heterocycles. The van der Waals surface area contributed by atoms with Crippen molar-refractivity contribution in [2.45, 2.75) is 24.8 Å². The summed E-state index contributed by atoms with van der Waals surface area (Å²) in [6, 6.07) is 6.90. The topological polar surface area (TPSA) is 71.1 Å². The predicted molar refractivity (Wildman–Crippen MR) is 81.4 cm³/mol. The second kappa shape index (κ2) is 6.83. The van der Waals surface area contributed by atoms with E-state index in [1.54, 1.807) is 23.7 Å². The number of para-hydroxylation sites is 1. The fourth-order valence-electron chi connectivity index (χ4n) is 1.68. The monoisotopic (exact) mass is 311 g/mol. The minimum Gasteiger partial charge on any atom is -0.384 e. The lowest BCUT2D eigenvalue weighted by Gasteiger charge is -2.12. The fourth-order valence-corrected chi connectivity index (χ4v) is 3.42. The molecule has 0 aliphatic carbocycles. The van der Waals surface area contributed by atoms with E-state index in [0.717, 1.165) is 18.7 Å². The number of anilines is 1. The molecule has 1 heterocycles. The van der Waals surface area contributed by atoms with E-state index < -0.39 is 10.0 Å². The van der Waals surface area contributed by atoms with Crippen LogP contribution in [-0.4, -0.2) is 19.9 Å². The van der Waals surface area contributed by atoms with E-state index in [1.165, 1.54) is 11.3 Å². The van der Waals surface area contributed by atoms with Gasteiger partial charge >= 0.3 is 0 Å². The number of nitrogens with one attached hydrogen (secondary N) is 2. The van der Waals surface area contributed by atoms with Gasteiger partial charge in [-0.2, -0.15) is 0 Å². The summed E-state index contributed by atoms with van der Waals surface area (Å²) in [5.41, 5.74) is 3.03.